The molecule has 2 aliphatic carbocycles. The van der Waals surface area contributed by atoms with Gasteiger partial charge in [0, 0.05) is 30.8 Å². The fraction of sp³-hybridized carbons (Fsp3) is 0.174. The molecular formula is C23H23N3. The largest absolute Gasteiger partial charge is 0.388 e. The minimum atomic E-state index is 0.442. The van der Waals surface area contributed by atoms with Crippen LogP contribution in [-0.4, -0.2) is 18.6 Å². The first kappa shape index (κ1) is 16.4. The van der Waals surface area contributed by atoms with Gasteiger partial charge in [0.2, 0.25) is 0 Å². The molecule has 1 heterocycles. The standard InChI is InChI=1S/C23H23N3/c1-24-22-15-14-18(19-10-5-6-11-20(19)22)16-25-23-13-7-12-21(26-23)17-8-3-2-4-9-17/h2-9,11-15,19,24H,10,16H2,1H3,(H,25,26). The zero-order valence-electron chi connectivity index (χ0n) is 14.9. The molecule has 0 aliphatic heterocycles. The minimum Gasteiger partial charge on any atom is -0.388 e. The molecule has 1 atom stereocenters. The third-order valence-electron chi connectivity index (χ3n) is 4.94. The monoisotopic (exact) mass is 341 g/mol. The van der Waals surface area contributed by atoms with Gasteiger partial charge in [0.25, 0.3) is 0 Å². The molecule has 2 aliphatic rings. The maximum Gasteiger partial charge on any atom is 0.126 e. The highest BCUT2D eigenvalue weighted by Crippen LogP contribution is 2.35. The highest BCUT2D eigenvalue weighted by atomic mass is 15.0. The van der Waals surface area contributed by atoms with Crippen LogP contribution in [0.5, 0.6) is 0 Å². The molecular weight excluding hydrogens is 318 g/mol. The lowest BCUT2D eigenvalue weighted by atomic mass is 9.80. The van der Waals surface area contributed by atoms with Gasteiger partial charge in [-0.05, 0) is 35.8 Å². The second kappa shape index (κ2) is 7.44. The van der Waals surface area contributed by atoms with Crippen molar-refractivity contribution in [1.82, 2.24) is 10.3 Å². The number of hydrogen-bond acceptors (Lipinski definition) is 3. The maximum atomic E-state index is 4.77. The summed E-state index contributed by atoms with van der Waals surface area (Å²) in [5.74, 6) is 1.35. The first-order valence-corrected chi connectivity index (χ1v) is 9.07. The van der Waals surface area contributed by atoms with Crippen LogP contribution in [-0.2, 0) is 0 Å². The van der Waals surface area contributed by atoms with Crippen LogP contribution in [0.1, 0.15) is 6.42 Å². The topological polar surface area (TPSA) is 37.0 Å². The van der Waals surface area contributed by atoms with Crippen LogP contribution in [0.4, 0.5) is 5.82 Å². The van der Waals surface area contributed by atoms with E-state index in [4.69, 9.17) is 4.98 Å². The predicted molar refractivity (Wildman–Crippen MR) is 109 cm³/mol. The molecule has 1 unspecified atom stereocenters. The summed E-state index contributed by atoms with van der Waals surface area (Å²) < 4.78 is 0. The molecule has 0 amide bonds. The zero-order valence-corrected chi connectivity index (χ0v) is 14.9. The first-order chi connectivity index (χ1) is 12.8. The Hall–Kier alpha value is -3.07. The Morgan fingerprint density at radius 3 is 2.73 bits per heavy atom. The zero-order chi connectivity index (χ0) is 17.8. The van der Waals surface area contributed by atoms with Crippen molar-refractivity contribution in [1.29, 1.82) is 0 Å². The van der Waals surface area contributed by atoms with Gasteiger partial charge in [-0.25, -0.2) is 4.98 Å². The number of hydrogen-bond donors (Lipinski definition) is 2. The highest BCUT2D eigenvalue weighted by molar-refractivity contribution is 5.61. The van der Waals surface area contributed by atoms with E-state index >= 15 is 0 Å². The summed E-state index contributed by atoms with van der Waals surface area (Å²) in [6.07, 6.45) is 12.1. The number of aromatic nitrogens is 1. The number of pyridine rings is 1. The molecule has 0 saturated heterocycles. The van der Waals surface area contributed by atoms with Crippen LogP contribution in [0.3, 0.4) is 0 Å². The van der Waals surface area contributed by atoms with E-state index in [1.165, 1.54) is 16.8 Å². The SMILES string of the molecule is CNC1=CC=C(CNc2cccc(-c3ccccc3)n2)C2CC=CC=C12. The molecule has 3 nitrogen and oxygen atoms in total. The lowest BCUT2D eigenvalue weighted by Crippen LogP contribution is -2.24. The van der Waals surface area contributed by atoms with Crippen molar-refractivity contribution < 1.29 is 0 Å². The third kappa shape index (κ3) is 3.33. The molecule has 0 radical (unpaired) electrons. The Morgan fingerprint density at radius 1 is 1.00 bits per heavy atom. The summed E-state index contributed by atoms with van der Waals surface area (Å²) in [6, 6.07) is 16.4. The predicted octanol–water partition coefficient (Wildman–Crippen LogP) is 4.71. The fourth-order valence-corrected chi connectivity index (χ4v) is 3.57. The Kier molecular flexibility index (Phi) is 4.69. The highest BCUT2D eigenvalue weighted by Gasteiger charge is 2.24. The summed E-state index contributed by atoms with van der Waals surface area (Å²) in [5, 5.41) is 6.81. The average molecular weight is 341 g/mol. The molecule has 26 heavy (non-hydrogen) atoms. The number of benzene rings is 1. The molecule has 2 aromatic rings. The van der Waals surface area contributed by atoms with Gasteiger partial charge in [-0.3, -0.25) is 0 Å². The van der Waals surface area contributed by atoms with Crippen LogP contribution in [0.15, 0.2) is 95.8 Å². The molecule has 1 aromatic carbocycles. The Balaban J connectivity index is 1.51. The smallest absolute Gasteiger partial charge is 0.126 e. The van der Waals surface area contributed by atoms with Crippen LogP contribution >= 0.6 is 0 Å². The van der Waals surface area contributed by atoms with E-state index in [2.05, 4.69) is 65.3 Å². The number of likely N-dealkylation sites (N-methyl/N-ethyl adjacent to an activating group) is 1. The molecule has 2 N–H and O–H groups in total. The van der Waals surface area contributed by atoms with Crippen LogP contribution in [0.25, 0.3) is 11.3 Å². The van der Waals surface area contributed by atoms with E-state index < -0.39 is 0 Å². The molecule has 0 bridgehead atoms. The van der Waals surface area contributed by atoms with Gasteiger partial charge >= 0.3 is 0 Å². The summed E-state index contributed by atoms with van der Waals surface area (Å²) in [7, 11) is 1.98. The van der Waals surface area contributed by atoms with E-state index in [1.54, 1.807) is 0 Å². The second-order valence-electron chi connectivity index (χ2n) is 6.54. The number of nitrogens with zero attached hydrogens (tertiary/aromatic N) is 1. The van der Waals surface area contributed by atoms with Crippen LogP contribution in [0, 0.1) is 5.92 Å². The van der Waals surface area contributed by atoms with Gasteiger partial charge in [-0.1, -0.05) is 60.7 Å². The molecule has 4 rings (SSSR count). The van der Waals surface area contributed by atoms with Crippen molar-refractivity contribution in [3.8, 4) is 11.3 Å². The van der Waals surface area contributed by atoms with Crippen molar-refractivity contribution in [2.75, 3.05) is 18.9 Å². The summed E-state index contributed by atoms with van der Waals surface area (Å²) >= 11 is 0. The minimum absolute atomic E-state index is 0.442. The number of fused-ring (bicyclic) bond motifs is 1. The Morgan fingerprint density at radius 2 is 1.88 bits per heavy atom. The fourth-order valence-electron chi connectivity index (χ4n) is 3.57. The number of nitrogens with one attached hydrogen (secondary N) is 2. The third-order valence-corrected chi connectivity index (χ3v) is 4.94. The van der Waals surface area contributed by atoms with Crippen LogP contribution < -0.4 is 10.6 Å². The summed E-state index contributed by atoms with van der Waals surface area (Å²) in [5.41, 5.74) is 6.11. The number of anilines is 1. The van der Waals surface area contributed by atoms with Gasteiger partial charge in [-0.2, -0.15) is 0 Å². The van der Waals surface area contributed by atoms with E-state index in [-0.39, 0.29) is 0 Å². The quantitative estimate of drug-likeness (QED) is 0.827. The van der Waals surface area contributed by atoms with Crippen molar-refractivity contribution in [2.24, 2.45) is 5.92 Å². The first-order valence-electron chi connectivity index (χ1n) is 9.07. The Bertz CT molecular complexity index is 904. The van der Waals surface area contributed by atoms with Gasteiger partial charge in [-0.15, -0.1) is 0 Å². The van der Waals surface area contributed by atoms with Crippen molar-refractivity contribution >= 4 is 5.82 Å². The van der Waals surface area contributed by atoms with Crippen molar-refractivity contribution in [3.63, 3.8) is 0 Å². The van der Waals surface area contributed by atoms with E-state index in [9.17, 15) is 0 Å². The van der Waals surface area contributed by atoms with E-state index in [1.807, 2.05) is 31.3 Å². The molecule has 130 valence electrons. The summed E-state index contributed by atoms with van der Waals surface area (Å²) in [4.78, 5) is 4.77. The molecule has 0 fully saturated rings. The van der Waals surface area contributed by atoms with E-state index in [0.29, 0.717) is 5.92 Å². The Labute approximate surface area is 154 Å². The van der Waals surface area contributed by atoms with Gasteiger partial charge < -0.3 is 10.6 Å². The lowest BCUT2D eigenvalue weighted by molar-refractivity contribution is 0.689. The molecule has 0 spiro atoms. The van der Waals surface area contributed by atoms with E-state index in [0.717, 1.165) is 30.0 Å². The number of allylic oxidation sites excluding steroid dienone is 6. The molecule has 3 heteroatoms. The summed E-state index contributed by atoms with van der Waals surface area (Å²) in [6.45, 7) is 0.800. The lowest BCUT2D eigenvalue weighted by Gasteiger charge is -2.29. The average Bonchev–Trinajstić information content (AvgIpc) is 2.73. The maximum absolute atomic E-state index is 4.77. The number of rotatable bonds is 5. The molecule has 0 saturated carbocycles. The normalized spacial score (nSPS) is 18.3. The van der Waals surface area contributed by atoms with Crippen LogP contribution in [0.2, 0.25) is 0 Å². The van der Waals surface area contributed by atoms with Crippen molar-refractivity contribution in [2.45, 2.75) is 6.42 Å². The molecule has 1 aromatic heterocycles. The van der Waals surface area contributed by atoms with Gasteiger partial charge in [0.15, 0.2) is 0 Å². The van der Waals surface area contributed by atoms with Gasteiger partial charge in [0.1, 0.15) is 5.82 Å². The second-order valence-corrected chi connectivity index (χ2v) is 6.54. The van der Waals surface area contributed by atoms with Crippen molar-refractivity contribution in [3.05, 3.63) is 95.8 Å². The van der Waals surface area contributed by atoms with Gasteiger partial charge in [0.05, 0.1) is 5.69 Å².